The highest BCUT2D eigenvalue weighted by molar-refractivity contribution is 6.32. The van der Waals surface area contributed by atoms with Crippen molar-refractivity contribution in [1.29, 1.82) is 0 Å². The fourth-order valence-corrected chi connectivity index (χ4v) is 1.57. The summed E-state index contributed by atoms with van der Waals surface area (Å²) in [6, 6.07) is 7.53. The van der Waals surface area contributed by atoms with Gasteiger partial charge in [-0.1, -0.05) is 23.7 Å². The lowest BCUT2D eigenvalue weighted by atomic mass is 10.1. The molecule has 0 heterocycles. The minimum atomic E-state index is 0.235. The molecule has 1 fully saturated rings. The van der Waals surface area contributed by atoms with Crippen molar-refractivity contribution in [2.24, 2.45) is 11.1 Å². The number of para-hydroxylation sites is 1. The predicted molar refractivity (Wildman–Crippen MR) is 57.7 cm³/mol. The molecule has 1 aliphatic rings. The van der Waals surface area contributed by atoms with Gasteiger partial charge in [0.05, 0.1) is 11.6 Å². The van der Waals surface area contributed by atoms with E-state index in [0.717, 1.165) is 5.75 Å². The van der Waals surface area contributed by atoms with Gasteiger partial charge in [0.25, 0.3) is 0 Å². The lowest BCUT2D eigenvalue weighted by Gasteiger charge is -2.14. The van der Waals surface area contributed by atoms with Crippen LogP contribution in [0, 0.1) is 5.41 Å². The average Bonchev–Trinajstić information content (AvgIpc) is 2.98. The van der Waals surface area contributed by atoms with E-state index in [2.05, 4.69) is 0 Å². The standard InChI is InChI=1S/C11H14ClNO/c12-9-3-1-2-4-10(9)14-8-11(7-13)5-6-11/h1-4H,5-8,13H2. The lowest BCUT2D eigenvalue weighted by Crippen LogP contribution is -2.22. The van der Waals surface area contributed by atoms with Gasteiger partial charge in [-0.15, -0.1) is 0 Å². The molecular weight excluding hydrogens is 198 g/mol. The van der Waals surface area contributed by atoms with Gasteiger partial charge in [-0.25, -0.2) is 0 Å². The molecular formula is C11H14ClNO. The van der Waals surface area contributed by atoms with Crippen molar-refractivity contribution >= 4 is 11.6 Å². The number of halogens is 1. The van der Waals surface area contributed by atoms with E-state index in [1.165, 1.54) is 12.8 Å². The Labute approximate surface area is 89.0 Å². The van der Waals surface area contributed by atoms with Gasteiger partial charge in [0, 0.05) is 12.0 Å². The summed E-state index contributed by atoms with van der Waals surface area (Å²) in [4.78, 5) is 0. The Morgan fingerprint density at radius 2 is 2.07 bits per heavy atom. The summed E-state index contributed by atoms with van der Waals surface area (Å²) in [6.07, 6.45) is 2.35. The molecule has 1 saturated carbocycles. The fraction of sp³-hybridized carbons (Fsp3) is 0.455. The first-order chi connectivity index (χ1) is 6.76. The molecule has 0 saturated heterocycles. The van der Waals surface area contributed by atoms with Gasteiger partial charge >= 0.3 is 0 Å². The van der Waals surface area contributed by atoms with Crippen molar-refractivity contribution in [2.45, 2.75) is 12.8 Å². The monoisotopic (exact) mass is 211 g/mol. The highest BCUT2D eigenvalue weighted by Gasteiger charge is 2.42. The molecule has 0 radical (unpaired) electrons. The maximum absolute atomic E-state index is 5.96. The molecule has 0 atom stereocenters. The Morgan fingerprint density at radius 1 is 1.36 bits per heavy atom. The van der Waals surface area contributed by atoms with Gasteiger partial charge in [0.15, 0.2) is 0 Å². The first kappa shape index (κ1) is 9.81. The van der Waals surface area contributed by atoms with Crippen LogP contribution in [0.2, 0.25) is 5.02 Å². The van der Waals surface area contributed by atoms with Gasteiger partial charge in [0.2, 0.25) is 0 Å². The van der Waals surface area contributed by atoms with E-state index >= 15 is 0 Å². The third-order valence-electron chi connectivity index (χ3n) is 2.76. The summed E-state index contributed by atoms with van der Waals surface area (Å²) in [5, 5.41) is 0.667. The molecule has 0 spiro atoms. The molecule has 76 valence electrons. The highest BCUT2D eigenvalue weighted by Crippen LogP contribution is 2.45. The van der Waals surface area contributed by atoms with Crippen LogP contribution in [-0.2, 0) is 0 Å². The molecule has 0 unspecified atom stereocenters. The van der Waals surface area contributed by atoms with Crippen molar-refractivity contribution in [3.05, 3.63) is 29.3 Å². The van der Waals surface area contributed by atoms with Crippen LogP contribution < -0.4 is 10.5 Å². The first-order valence-corrected chi connectivity index (χ1v) is 5.21. The Bertz CT molecular complexity index is 323. The number of hydrogen-bond donors (Lipinski definition) is 1. The molecule has 3 heteroatoms. The van der Waals surface area contributed by atoms with Crippen LogP contribution in [0.1, 0.15) is 12.8 Å². The smallest absolute Gasteiger partial charge is 0.137 e. The fourth-order valence-electron chi connectivity index (χ4n) is 1.38. The van der Waals surface area contributed by atoms with Crippen molar-refractivity contribution in [1.82, 2.24) is 0 Å². The summed E-state index contributed by atoms with van der Waals surface area (Å²) < 4.78 is 5.64. The highest BCUT2D eigenvalue weighted by atomic mass is 35.5. The molecule has 1 aromatic rings. The molecule has 0 aromatic heterocycles. The minimum absolute atomic E-state index is 0.235. The van der Waals surface area contributed by atoms with Gasteiger partial charge in [-0.3, -0.25) is 0 Å². The van der Waals surface area contributed by atoms with Crippen LogP contribution in [0.3, 0.4) is 0 Å². The number of nitrogens with two attached hydrogens (primary N) is 1. The number of ether oxygens (including phenoxy) is 1. The van der Waals surface area contributed by atoms with Gasteiger partial charge in [-0.05, 0) is 25.0 Å². The summed E-state index contributed by atoms with van der Waals surface area (Å²) in [5.41, 5.74) is 5.89. The van der Waals surface area contributed by atoms with E-state index < -0.39 is 0 Å². The third kappa shape index (κ3) is 2.02. The normalized spacial score (nSPS) is 17.9. The maximum atomic E-state index is 5.96. The number of benzene rings is 1. The SMILES string of the molecule is NCC1(COc2ccccc2Cl)CC1. The second-order valence-electron chi connectivity index (χ2n) is 3.92. The molecule has 0 aliphatic heterocycles. The van der Waals surface area contributed by atoms with E-state index in [-0.39, 0.29) is 5.41 Å². The van der Waals surface area contributed by atoms with Gasteiger partial charge in [-0.2, -0.15) is 0 Å². The van der Waals surface area contributed by atoms with Crippen LogP contribution in [0.15, 0.2) is 24.3 Å². The van der Waals surface area contributed by atoms with E-state index in [4.69, 9.17) is 22.1 Å². The largest absolute Gasteiger partial charge is 0.491 e. The zero-order chi connectivity index (χ0) is 10.0. The zero-order valence-corrected chi connectivity index (χ0v) is 8.76. The van der Waals surface area contributed by atoms with E-state index in [1.807, 2.05) is 24.3 Å². The van der Waals surface area contributed by atoms with Crippen LogP contribution in [0.5, 0.6) is 5.75 Å². The topological polar surface area (TPSA) is 35.2 Å². The second kappa shape index (κ2) is 3.79. The van der Waals surface area contributed by atoms with Crippen molar-refractivity contribution in [3.8, 4) is 5.75 Å². The first-order valence-electron chi connectivity index (χ1n) is 4.83. The van der Waals surface area contributed by atoms with Gasteiger partial charge < -0.3 is 10.5 Å². The Balaban J connectivity index is 1.95. The van der Waals surface area contributed by atoms with Crippen LogP contribution in [-0.4, -0.2) is 13.2 Å². The average molecular weight is 212 g/mol. The predicted octanol–water partition coefficient (Wildman–Crippen LogP) is 2.46. The van der Waals surface area contributed by atoms with Crippen molar-refractivity contribution in [3.63, 3.8) is 0 Å². The van der Waals surface area contributed by atoms with E-state index in [9.17, 15) is 0 Å². The van der Waals surface area contributed by atoms with Gasteiger partial charge in [0.1, 0.15) is 5.75 Å². The number of rotatable bonds is 4. The molecule has 2 rings (SSSR count). The van der Waals surface area contributed by atoms with Crippen LogP contribution in [0.4, 0.5) is 0 Å². The third-order valence-corrected chi connectivity index (χ3v) is 3.07. The van der Waals surface area contributed by atoms with E-state index in [0.29, 0.717) is 18.2 Å². The molecule has 2 nitrogen and oxygen atoms in total. The quantitative estimate of drug-likeness (QED) is 0.831. The Hall–Kier alpha value is -0.730. The molecule has 1 aliphatic carbocycles. The van der Waals surface area contributed by atoms with Crippen molar-refractivity contribution in [2.75, 3.05) is 13.2 Å². The minimum Gasteiger partial charge on any atom is -0.491 e. The molecule has 2 N–H and O–H groups in total. The number of hydrogen-bond acceptors (Lipinski definition) is 2. The van der Waals surface area contributed by atoms with Crippen molar-refractivity contribution < 1.29 is 4.74 Å². The molecule has 14 heavy (non-hydrogen) atoms. The molecule has 0 bridgehead atoms. The summed E-state index contributed by atoms with van der Waals surface area (Å²) >= 11 is 5.96. The zero-order valence-electron chi connectivity index (χ0n) is 8.00. The Morgan fingerprint density at radius 3 is 2.64 bits per heavy atom. The molecule has 1 aromatic carbocycles. The second-order valence-corrected chi connectivity index (χ2v) is 4.33. The van der Waals surface area contributed by atoms with E-state index in [1.54, 1.807) is 0 Å². The summed E-state index contributed by atoms with van der Waals surface area (Å²) in [7, 11) is 0. The van der Waals surface area contributed by atoms with Crippen LogP contribution in [0.25, 0.3) is 0 Å². The molecule has 0 amide bonds. The maximum Gasteiger partial charge on any atom is 0.137 e. The summed E-state index contributed by atoms with van der Waals surface area (Å²) in [5.74, 6) is 0.758. The van der Waals surface area contributed by atoms with Crippen LogP contribution >= 0.6 is 11.6 Å². The Kier molecular flexibility index (Phi) is 2.66. The lowest BCUT2D eigenvalue weighted by molar-refractivity contribution is 0.239. The summed E-state index contributed by atoms with van der Waals surface area (Å²) in [6.45, 7) is 1.39.